The fraction of sp³-hybridized carbons (Fsp3) is 0.556. The standard InChI is InChI=1S/C9H15N3O/c1-9(2,3)6-10-8(13)7-4-11-12-5-7/h4-5H,6H2,1-3H3,(H,10,13)(H,11,12). The predicted octanol–water partition coefficient (Wildman–Crippen LogP) is 1.19. The SMILES string of the molecule is CC(C)(C)CNC(=O)c1cn[nH]c1. The summed E-state index contributed by atoms with van der Waals surface area (Å²) in [6, 6.07) is 0. The van der Waals surface area contributed by atoms with E-state index in [1.165, 1.54) is 6.20 Å². The van der Waals surface area contributed by atoms with Crippen LogP contribution in [0.25, 0.3) is 0 Å². The van der Waals surface area contributed by atoms with Gasteiger partial charge in [0.25, 0.3) is 5.91 Å². The van der Waals surface area contributed by atoms with Crippen molar-refractivity contribution in [2.45, 2.75) is 20.8 Å². The number of H-pyrrole nitrogens is 1. The molecule has 4 heteroatoms. The molecule has 1 aromatic rings. The predicted molar refractivity (Wildman–Crippen MR) is 50.4 cm³/mol. The highest BCUT2D eigenvalue weighted by atomic mass is 16.1. The van der Waals surface area contributed by atoms with E-state index in [2.05, 4.69) is 36.3 Å². The highest BCUT2D eigenvalue weighted by molar-refractivity contribution is 5.93. The molecular weight excluding hydrogens is 166 g/mol. The van der Waals surface area contributed by atoms with E-state index in [0.29, 0.717) is 12.1 Å². The Morgan fingerprint density at radius 3 is 2.77 bits per heavy atom. The second-order valence-electron chi connectivity index (χ2n) is 4.23. The van der Waals surface area contributed by atoms with Crippen molar-refractivity contribution < 1.29 is 4.79 Å². The van der Waals surface area contributed by atoms with Crippen molar-refractivity contribution in [2.75, 3.05) is 6.54 Å². The molecule has 1 amide bonds. The van der Waals surface area contributed by atoms with Crippen molar-refractivity contribution in [2.24, 2.45) is 5.41 Å². The van der Waals surface area contributed by atoms with Gasteiger partial charge in [0.15, 0.2) is 0 Å². The zero-order chi connectivity index (χ0) is 9.90. The summed E-state index contributed by atoms with van der Waals surface area (Å²) in [6.45, 7) is 6.88. The van der Waals surface area contributed by atoms with Crippen LogP contribution in [0.1, 0.15) is 31.1 Å². The van der Waals surface area contributed by atoms with Crippen LogP contribution < -0.4 is 5.32 Å². The molecule has 0 spiro atoms. The molecule has 72 valence electrons. The van der Waals surface area contributed by atoms with Crippen molar-refractivity contribution in [3.63, 3.8) is 0 Å². The smallest absolute Gasteiger partial charge is 0.254 e. The van der Waals surface area contributed by atoms with Crippen LogP contribution in [0.2, 0.25) is 0 Å². The fourth-order valence-corrected chi connectivity index (χ4v) is 0.823. The van der Waals surface area contributed by atoms with Gasteiger partial charge in [-0.05, 0) is 5.41 Å². The summed E-state index contributed by atoms with van der Waals surface area (Å²) in [5.41, 5.74) is 0.684. The summed E-state index contributed by atoms with van der Waals surface area (Å²) < 4.78 is 0. The van der Waals surface area contributed by atoms with Crippen molar-refractivity contribution >= 4 is 5.91 Å². The fourth-order valence-electron chi connectivity index (χ4n) is 0.823. The zero-order valence-corrected chi connectivity index (χ0v) is 8.22. The van der Waals surface area contributed by atoms with E-state index < -0.39 is 0 Å². The number of nitrogens with one attached hydrogen (secondary N) is 2. The quantitative estimate of drug-likeness (QED) is 0.720. The molecule has 2 N–H and O–H groups in total. The maximum absolute atomic E-state index is 11.4. The number of carbonyl (C=O) groups is 1. The van der Waals surface area contributed by atoms with Crippen LogP contribution in [0.5, 0.6) is 0 Å². The van der Waals surface area contributed by atoms with Crippen LogP contribution >= 0.6 is 0 Å². The molecule has 0 saturated heterocycles. The zero-order valence-electron chi connectivity index (χ0n) is 8.22. The molecule has 0 aliphatic heterocycles. The maximum Gasteiger partial charge on any atom is 0.254 e. The van der Waals surface area contributed by atoms with Crippen molar-refractivity contribution in [3.05, 3.63) is 18.0 Å². The first-order chi connectivity index (χ1) is 5.99. The largest absolute Gasteiger partial charge is 0.351 e. The number of carbonyl (C=O) groups excluding carboxylic acids is 1. The van der Waals surface area contributed by atoms with E-state index in [0.717, 1.165) is 0 Å². The monoisotopic (exact) mass is 181 g/mol. The number of amides is 1. The van der Waals surface area contributed by atoms with E-state index in [4.69, 9.17) is 0 Å². The number of rotatable bonds is 2. The lowest BCUT2D eigenvalue weighted by atomic mass is 9.97. The van der Waals surface area contributed by atoms with Crippen LogP contribution in [0.3, 0.4) is 0 Å². The number of hydrogen-bond acceptors (Lipinski definition) is 2. The number of aromatic amines is 1. The molecule has 0 aromatic carbocycles. The average Bonchev–Trinajstić information content (AvgIpc) is 2.50. The first-order valence-corrected chi connectivity index (χ1v) is 4.26. The molecule has 1 heterocycles. The van der Waals surface area contributed by atoms with Gasteiger partial charge in [-0.3, -0.25) is 9.89 Å². The number of aromatic nitrogens is 2. The van der Waals surface area contributed by atoms with Crippen molar-refractivity contribution in [3.8, 4) is 0 Å². The number of hydrogen-bond donors (Lipinski definition) is 2. The summed E-state index contributed by atoms with van der Waals surface area (Å²) in [7, 11) is 0. The molecule has 0 saturated carbocycles. The summed E-state index contributed by atoms with van der Waals surface area (Å²) >= 11 is 0. The van der Waals surface area contributed by atoms with Crippen LogP contribution in [0.15, 0.2) is 12.4 Å². The third-order valence-corrected chi connectivity index (χ3v) is 1.54. The Kier molecular flexibility index (Phi) is 2.70. The molecule has 1 aromatic heterocycles. The van der Waals surface area contributed by atoms with E-state index >= 15 is 0 Å². The van der Waals surface area contributed by atoms with E-state index in [-0.39, 0.29) is 11.3 Å². The summed E-state index contributed by atoms with van der Waals surface area (Å²) in [4.78, 5) is 11.4. The van der Waals surface area contributed by atoms with Crippen molar-refractivity contribution in [1.82, 2.24) is 15.5 Å². The molecule has 0 atom stereocenters. The van der Waals surface area contributed by atoms with Gasteiger partial charge in [-0.25, -0.2) is 0 Å². The Bertz CT molecular complexity index is 272. The lowest BCUT2D eigenvalue weighted by molar-refractivity contribution is 0.0939. The van der Waals surface area contributed by atoms with Gasteiger partial charge in [0.1, 0.15) is 0 Å². The van der Waals surface area contributed by atoms with Crippen LogP contribution in [-0.4, -0.2) is 22.6 Å². The van der Waals surface area contributed by atoms with E-state index in [1.54, 1.807) is 6.20 Å². The summed E-state index contributed by atoms with van der Waals surface area (Å²) in [5, 5.41) is 9.12. The Hall–Kier alpha value is -1.32. The molecule has 0 aliphatic rings. The van der Waals surface area contributed by atoms with E-state index in [9.17, 15) is 4.79 Å². The normalized spacial score (nSPS) is 11.3. The Balaban J connectivity index is 2.44. The highest BCUT2D eigenvalue weighted by Gasteiger charge is 2.13. The summed E-state index contributed by atoms with van der Waals surface area (Å²) in [5.74, 6) is -0.0799. The van der Waals surface area contributed by atoms with Gasteiger partial charge in [-0.1, -0.05) is 20.8 Å². The second-order valence-corrected chi connectivity index (χ2v) is 4.23. The number of nitrogens with zero attached hydrogens (tertiary/aromatic N) is 1. The first kappa shape index (κ1) is 9.77. The average molecular weight is 181 g/mol. The van der Waals surface area contributed by atoms with Gasteiger partial charge < -0.3 is 5.32 Å². The first-order valence-electron chi connectivity index (χ1n) is 4.26. The minimum absolute atomic E-state index is 0.0799. The summed E-state index contributed by atoms with van der Waals surface area (Å²) in [6.07, 6.45) is 3.09. The van der Waals surface area contributed by atoms with Gasteiger partial charge in [0.05, 0.1) is 11.8 Å². The van der Waals surface area contributed by atoms with Gasteiger partial charge in [0, 0.05) is 12.7 Å². The van der Waals surface area contributed by atoms with Gasteiger partial charge in [-0.2, -0.15) is 5.10 Å². The molecule has 0 unspecified atom stereocenters. The maximum atomic E-state index is 11.4. The molecule has 0 bridgehead atoms. The lowest BCUT2D eigenvalue weighted by Crippen LogP contribution is -2.31. The van der Waals surface area contributed by atoms with Crippen molar-refractivity contribution in [1.29, 1.82) is 0 Å². The Morgan fingerprint density at radius 2 is 2.31 bits per heavy atom. The van der Waals surface area contributed by atoms with E-state index in [1.807, 2.05) is 0 Å². The molecule has 1 rings (SSSR count). The third kappa shape index (κ3) is 3.27. The minimum atomic E-state index is -0.0799. The molecule has 4 nitrogen and oxygen atoms in total. The third-order valence-electron chi connectivity index (χ3n) is 1.54. The molecule has 0 fully saturated rings. The molecule has 13 heavy (non-hydrogen) atoms. The van der Waals surface area contributed by atoms with Gasteiger partial charge in [-0.15, -0.1) is 0 Å². The van der Waals surface area contributed by atoms with Crippen LogP contribution in [0.4, 0.5) is 0 Å². The topological polar surface area (TPSA) is 57.8 Å². The Labute approximate surface area is 77.7 Å². The Morgan fingerprint density at radius 1 is 1.62 bits per heavy atom. The molecule has 0 aliphatic carbocycles. The van der Waals surface area contributed by atoms with Gasteiger partial charge in [0.2, 0.25) is 0 Å². The minimum Gasteiger partial charge on any atom is -0.351 e. The second kappa shape index (κ2) is 3.60. The van der Waals surface area contributed by atoms with Gasteiger partial charge >= 0.3 is 0 Å². The molecular formula is C9H15N3O. The van der Waals surface area contributed by atoms with Crippen LogP contribution in [0, 0.1) is 5.41 Å². The highest BCUT2D eigenvalue weighted by Crippen LogP contribution is 2.10. The lowest BCUT2D eigenvalue weighted by Gasteiger charge is -2.18. The van der Waals surface area contributed by atoms with Crippen LogP contribution in [-0.2, 0) is 0 Å². The molecule has 0 radical (unpaired) electrons.